The van der Waals surface area contributed by atoms with Crippen LogP contribution in [0.5, 0.6) is 5.75 Å². The number of ether oxygens (including phenoxy) is 3. The Kier molecular flexibility index (Phi) is 9.46. The van der Waals surface area contributed by atoms with Crippen LogP contribution >= 0.6 is 0 Å². The van der Waals surface area contributed by atoms with Gasteiger partial charge in [0, 0.05) is 16.6 Å². The number of carbonyl (C=O) groups is 3. The lowest BCUT2D eigenvalue weighted by atomic mass is 10.0. The van der Waals surface area contributed by atoms with Gasteiger partial charge in [0.25, 0.3) is 5.91 Å². The molecule has 1 amide bonds. The van der Waals surface area contributed by atoms with E-state index in [0.717, 1.165) is 24.2 Å². The van der Waals surface area contributed by atoms with Crippen LogP contribution in [0.15, 0.2) is 72.8 Å². The predicted octanol–water partition coefficient (Wildman–Crippen LogP) is 6.69. The number of aromatic nitrogens is 1. The molecule has 0 saturated carbocycles. The molecule has 0 saturated heterocycles. The number of anilines is 1. The van der Waals surface area contributed by atoms with Gasteiger partial charge in [0.2, 0.25) is 0 Å². The van der Waals surface area contributed by atoms with Gasteiger partial charge in [-0.1, -0.05) is 43.7 Å². The maximum atomic E-state index is 13.7. The van der Waals surface area contributed by atoms with E-state index in [-0.39, 0.29) is 30.0 Å². The molecule has 0 bridgehead atoms. The van der Waals surface area contributed by atoms with Gasteiger partial charge in [-0.2, -0.15) is 0 Å². The number of esters is 2. The van der Waals surface area contributed by atoms with Crippen molar-refractivity contribution in [3.05, 3.63) is 89.5 Å². The highest BCUT2D eigenvalue weighted by atomic mass is 16.5. The zero-order chi connectivity index (χ0) is 28.5. The quantitative estimate of drug-likeness (QED) is 0.167. The fourth-order valence-corrected chi connectivity index (χ4v) is 4.15. The third-order valence-corrected chi connectivity index (χ3v) is 6.07. The number of nitrogens with zero attached hydrogens (tertiary/aromatic N) is 1. The number of fused-ring (bicyclic) bond motifs is 1. The SMILES string of the molecule is CCCCOc1cccc(-c2cc(C(=O)Nc3cc(C(=O)OCC)cc(C(=O)OCC)c3)c3ccccc3n2)c1. The number of hydrogen-bond acceptors (Lipinski definition) is 7. The largest absolute Gasteiger partial charge is 0.494 e. The Morgan fingerprint density at radius 3 is 2.17 bits per heavy atom. The van der Waals surface area contributed by atoms with Gasteiger partial charge < -0.3 is 19.5 Å². The van der Waals surface area contributed by atoms with Crippen LogP contribution in [-0.4, -0.2) is 42.7 Å². The van der Waals surface area contributed by atoms with Crippen LogP contribution in [0.1, 0.15) is 64.7 Å². The number of hydrogen-bond donors (Lipinski definition) is 1. The Morgan fingerprint density at radius 1 is 0.800 bits per heavy atom. The standard InChI is InChI=1S/C32H32N2O6/c1-4-7-15-40-25-12-10-11-21(19-25)29-20-27(26-13-8-9-14-28(26)34-29)30(35)33-24-17-22(31(36)38-5-2)16-23(18-24)32(37)39-6-3/h8-14,16-20H,4-7,15H2,1-3H3,(H,33,35). The number of amides is 1. The third kappa shape index (κ3) is 6.83. The Bertz CT molecular complexity index is 1500. The van der Waals surface area contributed by atoms with E-state index in [2.05, 4.69) is 12.2 Å². The van der Waals surface area contributed by atoms with Crippen molar-refractivity contribution < 1.29 is 28.6 Å². The number of benzene rings is 3. The lowest BCUT2D eigenvalue weighted by Crippen LogP contribution is -2.15. The normalized spacial score (nSPS) is 10.7. The Morgan fingerprint density at radius 2 is 1.50 bits per heavy atom. The molecule has 8 nitrogen and oxygen atoms in total. The molecule has 1 aromatic heterocycles. The van der Waals surface area contributed by atoms with E-state index in [1.807, 2.05) is 48.5 Å². The van der Waals surface area contributed by atoms with E-state index in [0.29, 0.717) is 28.8 Å². The molecule has 0 atom stereocenters. The zero-order valence-electron chi connectivity index (χ0n) is 22.9. The molecule has 206 valence electrons. The number of rotatable bonds is 11. The second-order valence-electron chi connectivity index (χ2n) is 9.00. The van der Waals surface area contributed by atoms with Crippen molar-refractivity contribution in [2.45, 2.75) is 33.6 Å². The minimum Gasteiger partial charge on any atom is -0.494 e. The van der Waals surface area contributed by atoms with Crippen molar-refractivity contribution in [2.75, 3.05) is 25.1 Å². The zero-order valence-corrected chi connectivity index (χ0v) is 22.9. The monoisotopic (exact) mass is 540 g/mol. The summed E-state index contributed by atoms with van der Waals surface area (Å²) in [5.41, 5.74) is 2.96. The van der Waals surface area contributed by atoms with Crippen LogP contribution in [0.2, 0.25) is 0 Å². The topological polar surface area (TPSA) is 104 Å². The summed E-state index contributed by atoms with van der Waals surface area (Å²) in [6.45, 7) is 6.44. The fraction of sp³-hybridized carbons (Fsp3) is 0.250. The van der Waals surface area contributed by atoms with Gasteiger partial charge in [0.1, 0.15) is 5.75 Å². The van der Waals surface area contributed by atoms with Crippen molar-refractivity contribution in [3.8, 4) is 17.0 Å². The maximum Gasteiger partial charge on any atom is 0.338 e. The van der Waals surface area contributed by atoms with Crippen molar-refractivity contribution >= 4 is 34.4 Å². The van der Waals surface area contributed by atoms with Crippen LogP contribution in [0.25, 0.3) is 22.2 Å². The third-order valence-electron chi connectivity index (χ3n) is 6.07. The number of para-hydroxylation sites is 1. The minimum atomic E-state index is -0.609. The second kappa shape index (κ2) is 13.4. The van der Waals surface area contributed by atoms with E-state index in [4.69, 9.17) is 19.2 Å². The molecule has 0 unspecified atom stereocenters. The molecule has 40 heavy (non-hydrogen) atoms. The molecule has 1 N–H and O–H groups in total. The summed E-state index contributed by atoms with van der Waals surface area (Å²) in [7, 11) is 0. The summed E-state index contributed by atoms with van der Waals surface area (Å²) >= 11 is 0. The Hall–Kier alpha value is -4.72. The highest BCUT2D eigenvalue weighted by Gasteiger charge is 2.18. The molecule has 1 heterocycles. The first kappa shape index (κ1) is 28.3. The van der Waals surface area contributed by atoms with Gasteiger partial charge in [-0.25, -0.2) is 14.6 Å². The molecule has 0 radical (unpaired) electrons. The molecule has 3 aromatic carbocycles. The number of pyridine rings is 1. The Balaban J connectivity index is 1.72. The highest BCUT2D eigenvalue weighted by Crippen LogP contribution is 2.28. The van der Waals surface area contributed by atoms with E-state index < -0.39 is 17.8 Å². The maximum absolute atomic E-state index is 13.7. The number of unbranched alkanes of at least 4 members (excludes halogenated alkanes) is 1. The predicted molar refractivity (Wildman–Crippen MR) is 154 cm³/mol. The smallest absolute Gasteiger partial charge is 0.338 e. The van der Waals surface area contributed by atoms with Crippen LogP contribution in [0.4, 0.5) is 5.69 Å². The lowest BCUT2D eigenvalue weighted by Gasteiger charge is -2.13. The van der Waals surface area contributed by atoms with Crippen LogP contribution in [0.3, 0.4) is 0 Å². The molecule has 0 aliphatic carbocycles. The van der Waals surface area contributed by atoms with Crippen molar-refractivity contribution in [1.29, 1.82) is 0 Å². The van der Waals surface area contributed by atoms with Gasteiger partial charge >= 0.3 is 11.9 Å². The minimum absolute atomic E-state index is 0.128. The van der Waals surface area contributed by atoms with Gasteiger partial charge in [-0.15, -0.1) is 0 Å². The van der Waals surface area contributed by atoms with Gasteiger partial charge in [-0.3, -0.25) is 4.79 Å². The van der Waals surface area contributed by atoms with E-state index in [9.17, 15) is 14.4 Å². The highest BCUT2D eigenvalue weighted by molar-refractivity contribution is 6.13. The van der Waals surface area contributed by atoms with E-state index in [1.165, 1.54) is 18.2 Å². The average Bonchev–Trinajstić information content (AvgIpc) is 2.97. The van der Waals surface area contributed by atoms with Crippen molar-refractivity contribution in [3.63, 3.8) is 0 Å². The number of nitrogens with one attached hydrogen (secondary N) is 1. The van der Waals surface area contributed by atoms with Gasteiger partial charge in [0.05, 0.1) is 47.7 Å². The van der Waals surface area contributed by atoms with E-state index in [1.54, 1.807) is 19.9 Å². The molecule has 4 rings (SSSR count). The summed E-state index contributed by atoms with van der Waals surface area (Å²) in [6.07, 6.45) is 1.99. The first-order valence-corrected chi connectivity index (χ1v) is 13.4. The Labute approximate surface area is 233 Å². The lowest BCUT2D eigenvalue weighted by molar-refractivity contribution is 0.0525. The van der Waals surface area contributed by atoms with Crippen LogP contribution in [0, 0.1) is 0 Å². The first-order chi connectivity index (χ1) is 19.4. The summed E-state index contributed by atoms with van der Waals surface area (Å²) < 4.78 is 16.1. The fourth-order valence-electron chi connectivity index (χ4n) is 4.15. The van der Waals surface area contributed by atoms with Crippen LogP contribution < -0.4 is 10.1 Å². The van der Waals surface area contributed by atoms with E-state index >= 15 is 0 Å². The van der Waals surface area contributed by atoms with Crippen LogP contribution in [-0.2, 0) is 9.47 Å². The summed E-state index contributed by atoms with van der Waals surface area (Å²) in [5.74, 6) is -0.913. The second-order valence-corrected chi connectivity index (χ2v) is 9.00. The molecule has 0 aliphatic heterocycles. The summed E-state index contributed by atoms with van der Waals surface area (Å²) in [6, 6.07) is 21.0. The molecular weight excluding hydrogens is 508 g/mol. The molecule has 0 spiro atoms. The molecular formula is C32H32N2O6. The molecule has 0 fully saturated rings. The number of carbonyl (C=O) groups excluding carboxylic acids is 3. The van der Waals surface area contributed by atoms with Gasteiger partial charge in [0.15, 0.2) is 0 Å². The van der Waals surface area contributed by atoms with Crippen molar-refractivity contribution in [1.82, 2.24) is 4.98 Å². The van der Waals surface area contributed by atoms with Gasteiger partial charge in [-0.05, 0) is 62.7 Å². The molecule has 8 heteroatoms. The summed E-state index contributed by atoms with van der Waals surface area (Å²) in [4.78, 5) is 43.4. The molecule has 0 aliphatic rings. The molecule has 4 aromatic rings. The first-order valence-electron chi connectivity index (χ1n) is 13.4. The van der Waals surface area contributed by atoms with Crippen molar-refractivity contribution in [2.24, 2.45) is 0 Å². The average molecular weight is 541 g/mol. The summed E-state index contributed by atoms with van der Waals surface area (Å²) in [5, 5.41) is 3.50.